The van der Waals surface area contributed by atoms with Crippen molar-refractivity contribution in [1.82, 2.24) is 0 Å². The molecule has 0 spiro atoms. The second-order valence-electron chi connectivity index (χ2n) is 6.53. The first kappa shape index (κ1) is 17.9. The highest BCUT2D eigenvalue weighted by molar-refractivity contribution is 5.83. The summed E-state index contributed by atoms with van der Waals surface area (Å²) in [6, 6.07) is 22.8. The normalized spacial score (nSPS) is 10.5. The summed E-state index contributed by atoms with van der Waals surface area (Å²) in [5.41, 5.74) is 5.76. The van der Waals surface area contributed by atoms with E-state index < -0.39 is 0 Å². The van der Waals surface area contributed by atoms with Crippen LogP contribution in [0.5, 0.6) is 0 Å². The molecule has 0 bridgehead atoms. The van der Waals surface area contributed by atoms with Crippen LogP contribution in [-0.2, 0) is 6.42 Å². The third kappa shape index (κ3) is 4.18. The van der Waals surface area contributed by atoms with Crippen LogP contribution in [0.15, 0.2) is 66.7 Å². The van der Waals surface area contributed by atoms with Gasteiger partial charge in [0.25, 0.3) is 0 Å². The molecule has 3 aromatic rings. The maximum Gasteiger partial charge on any atom is 0.123 e. The van der Waals surface area contributed by atoms with Gasteiger partial charge in [0.15, 0.2) is 0 Å². The van der Waals surface area contributed by atoms with Crippen molar-refractivity contribution in [3.63, 3.8) is 0 Å². The lowest BCUT2D eigenvalue weighted by atomic mass is 9.93. The molecule has 3 aromatic carbocycles. The van der Waals surface area contributed by atoms with Gasteiger partial charge in [0.05, 0.1) is 11.6 Å². The van der Waals surface area contributed by atoms with Gasteiger partial charge < -0.3 is 0 Å². The van der Waals surface area contributed by atoms with Gasteiger partial charge >= 0.3 is 0 Å². The van der Waals surface area contributed by atoms with Gasteiger partial charge in [-0.25, -0.2) is 4.39 Å². The minimum Gasteiger partial charge on any atom is -0.207 e. The molecule has 0 aromatic heterocycles. The van der Waals surface area contributed by atoms with E-state index in [2.05, 4.69) is 37.3 Å². The first-order chi connectivity index (χ1) is 12.7. The van der Waals surface area contributed by atoms with Crippen molar-refractivity contribution in [2.24, 2.45) is 0 Å². The molecule has 0 amide bonds. The van der Waals surface area contributed by atoms with E-state index in [9.17, 15) is 4.39 Å². The number of nitriles is 1. The lowest BCUT2D eigenvalue weighted by molar-refractivity contribution is 0.628. The molecule has 0 aliphatic heterocycles. The van der Waals surface area contributed by atoms with E-state index in [1.807, 2.05) is 18.2 Å². The van der Waals surface area contributed by atoms with E-state index in [0.29, 0.717) is 5.56 Å². The Morgan fingerprint density at radius 2 is 1.46 bits per heavy atom. The molecule has 0 N–H and O–H groups in total. The molecule has 130 valence electrons. The third-order valence-corrected chi connectivity index (χ3v) is 4.64. The number of hydrogen-bond acceptors (Lipinski definition) is 1. The topological polar surface area (TPSA) is 23.8 Å². The van der Waals surface area contributed by atoms with Crippen LogP contribution < -0.4 is 0 Å². The lowest BCUT2D eigenvalue weighted by Gasteiger charge is -2.11. The number of rotatable bonds is 6. The van der Waals surface area contributed by atoms with E-state index in [0.717, 1.165) is 28.7 Å². The molecular weight excluding hydrogens is 321 g/mol. The SMILES string of the molecule is CCCCCc1ccc(-c2ccc(F)cc2-c2ccc(C#N)cc2)cc1. The van der Waals surface area contributed by atoms with Gasteiger partial charge in [0.1, 0.15) is 5.82 Å². The van der Waals surface area contributed by atoms with Crippen LogP contribution in [-0.4, -0.2) is 0 Å². The summed E-state index contributed by atoms with van der Waals surface area (Å²) < 4.78 is 13.9. The van der Waals surface area contributed by atoms with Crippen molar-refractivity contribution in [3.8, 4) is 28.3 Å². The second kappa shape index (κ2) is 8.45. The first-order valence-electron chi connectivity index (χ1n) is 9.10. The van der Waals surface area contributed by atoms with Crippen LogP contribution in [0.2, 0.25) is 0 Å². The Bertz CT molecular complexity index is 902. The Kier molecular flexibility index (Phi) is 5.81. The van der Waals surface area contributed by atoms with Gasteiger partial charge in [-0.3, -0.25) is 0 Å². The Morgan fingerprint density at radius 3 is 2.12 bits per heavy atom. The number of benzene rings is 3. The zero-order valence-electron chi connectivity index (χ0n) is 15.0. The van der Waals surface area contributed by atoms with Crippen LogP contribution in [0, 0.1) is 17.1 Å². The summed E-state index contributed by atoms with van der Waals surface area (Å²) in [5, 5.41) is 8.97. The molecule has 26 heavy (non-hydrogen) atoms. The van der Waals surface area contributed by atoms with Crippen molar-refractivity contribution < 1.29 is 4.39 Å². The Labute approximate surface area is 154 Å². The molecule has 0 aliphatic carbocycles. The van der Waals surface area contributed by atoms with E-state index >= 15 is 0 Å². The smallest absolute Gasteiger partial charge is 0.123 e. The molecule has 1 nitrogen and oxygen atoms in total. The van der Waals surface area contributed by atoms with E-state index in [4.69, 9.17) is 5.26 Å². The van der Waals surface area contributed by atoms with Crippen molar-refractivity contribution in [3.05, 3.63) is 83.7 Å². The van der Waals surface area contributed by atoms with Crippen molar-refractivity contribution in [2.45, 2.75) is 32.6 Å². The summed E-state index contributed by atoms with van der Waals surface area (Å²) in [6.45, 7) is 2.21. The van der Waals surface area contributed by atoms with Gasteiger partial charge in [-0.1, -0.05) is 62.2 Å². The average Bonchev–Trinajstić information content (AvgIpc) is 2.69. The molecule has 0 atom stereocenters. The molecular formula is C24H22FN. The fourth-order valence-corrected chi connectivity index (χ4v) is 3.16. The predicted molar refractivity (Wildman–Crippen MR) is 105 cm³/mol. The minimum atomic E-state index is -0.260. The van der Waals surface area contributed by atoms with Crippen LogP contribution in [0.4, 0.5) is 4.39 Å². The molecule has 0 fully saturated rings. The van der Waals surface area contributed by atoms with E-state index in [-0.39, 0.29) is 5.82 Å². The van der Waals surface area contributed by atoms with Gasteiger partial charge in [0, 0.05) is 0 Å². The maximum atomic E-state index is 13.9. The highest BCUT2D eigenvalue weighted by Crippen LogP contribution is 2.33. The summed E-state index contributed by atoms with van der Waals surface area (Å²) in [5.74, 6) is -0.260. The summed E-state index contributed by atoms with van der Waals surface area (Å²) >= 11 is 0. The third-order valence-electron chi connectivity index (χ3n) is 4.64. The van der Waals surface area contributed by atoms with Crippen LogP contribution in [0.3, 0.4) is 0 Å². The van der Waals surface area contributed by atoms with Crippen LogP contribution in [0.25, 0.3) is 22.3 Å². The van der Waals surface area contributed by atoms with Crippen molar-refractivity contribution in [2.75, 3.05) is 0 Å². The molecule has 0 heterocycles. The summed E-state index contributed by atoms with van der Waals surface area (Å²) in [7, 11) is 0. The van der Waals surface area contributed by atoms with E-state index in [1.165, 1.54) is 30.9 Å². The Morgan fingerprint density at radius 1 is 0.808 bits per heavy atom. The first-order valence-corrected chi connectivity index (χ1v) is 9.10. The summed E-state index contributed by atoms with van der Waals surface area (Å²) in [4.78, 5) is 0. The molecule has 0 aliphatic rings. The Balaban J connectivity index is 1.93. The molecule has 3 rings (SSSR count). The number of aryl methyl sites for hydroxylation is 1. The standard InChI is InChI=1S/C24H22FN/c1-2-3-4-5-18-6-10-20(11-7-18)23-15-14-22(25)16-24(23)21-12-8-19(17-26)9-13-21/h6-16H,2-5H2,1H3. The maximum absolute atomic E-state index is 13.9. The zero-order chi connectivity index (χ0) is 18.4. The second-order valence-corrected chi connectivity index (χ2v) is 6.53. The van der Waals surface area contributed by atoms with Crippen LogP contribution in [0.1, 0.15) is 37.3 Å². The highest BCUT2D eigenvalue weighted by Gasteiger charge is 2.09. The van der Waals surface area contributed by atoms with Gasteiger partial charge in [0.2, 0.25) is 0 Å². The Hall–Kier alpha value is -2.92. The van der Waals surface area contributed by atoms with E-state index in [1.54, 1.807) is 18.2 Å². The fraction of sp³-hybridized carbons (Fsp3) is 0.208. The van der Waals surface area contributed by atoms with Crippen molar-refractivity contribution in [1.29, 1.82) is 5.26 Å². The molecule has 0 saturated heterocycles. The molecule has 0 radical (unpaired) electrons. The van der Waals surface area contributed by atoms with Gasteiger partial charge in [-0.05, 0) is 64.9 Å². The number of unbranched alkanes of at least 4 members (excludes halogenated alkanes) is 2. The molecule has 0 unspecified atom stereocenters. The quantitative estimate of drug-likeness (QED) is 0.453. The van der Waals surface area contributed by atoms with Crippen molar-refractivity contribution >= 4 is 0 Å². The molecule has 2 heteroatoms. The number of halogens is 1. The lowest BCUT2D eigenvalue weighted by Crippen LogP contribution is -1.89. The highest BCUT2D eigenvalue weighted by atomic mass is 19.1. The number of hydrogen-bond donors (Lipinski definition) is 0. The fourth-order valence-electron chi connectivity index (χ4n) is 3.16. The van der Waals surface area contributed by atoms with Gasteiger partial charge in [-0.2, -0.15) is 5.26 Å². The summed E-state index contributed by atoms with van der Waals surface area (Å²) in [6.07, 6.45) is 4.78. The minimum absolute atomic E-state index is 0.260. The largest absolute Gasteiger partial charge is 0.207 e. The van der Waals surface area contributed by atoms with Crippen LogP contribution >= 0.6 is 0 Å². The van der Waals surface area contributed by atoms with Gasteiger partial charge in [-0.15, -0.1) is 0 Å². The zero-order valence-corrected chi connectivity index (χ0v) is 15.0. The number of nitrogens with zero attached hydrogens (tertiary/aromatic N) is 1. The predicted octanol–water partition coefficient (Wildman–Crippen LogP) is 6.76. The average molecular weight is 343 g/mol. The monoisotopic (exact) mass is 343 g/mol. The molecule has 0 saturated carbocycles.